The van der Waals surface area contributed by atoms with E-state index in [4.69, 9.17) is 5.73 Å². The summed E-state index contributed by atoms with van der Waals surface area (Å²) in [6, 6.07) is 4.68. The molecule has 0 saturated carbocycles. The van der Waals surface area contributed by atoms with E-state index in [0.717, 1.165) is 25.9 Å². The van der Waals surface area contributed by atoms with Crippen LogP contribution in [0.1, 0.15) is 28.7 Å². The number of hydrogen-bond acceptors (Lipinski definition) is 6. The van der Waals surface area contributed by atoms with Crippen molar-refractivity contribution in [1.29, 1.82) is 0 Å². The molecular formula is C18H22N4S2. The van der Waals surface area contributed by atoms with Crippen LogP contribution in [0, 0.1) is 6.92 Å². The van der Waals surface area contributed by atoms with E-state index >= 15 is 0 Å². The van der Waals surface area contributed by atoms with Gasteiger partial charge in [-0.15, -0.1) is 23.1 Å². The first-order valence-electron chi connectivity index (χ1n) is 8.32. The van der Waals surface area contributed by atoms with E-state index in [2.05, 4.69) is 50.8 Å². The molecule has 2 aliphatic rings. The Morgan fingerprint density at radius 1 is 1.33 bits per heavy atom. The molecule has 1 unspecified atom stereocenters. The highest BCUT2D eigenvalue weighted by molar-refractivity contribution is 8.02. The summed E-state index contributed by atoms with van der Waals surface area (Å²) in [6.07, 6.45) is 8.32. The van der Waals surface area contributed by atoms with Crippen LogP contribution in [0.25, 0.3) is 0 Å². The number of anilines is 2. The van der Waals surface area contributed by atoms with Crippen LogP contribution in [0.5, 0.6) is 0 Å². The summed E-state index contributed by atoms with van der Waals surface area (Å²) in [5.41, 5.74) is 9.94. The van der Waals surface area contributed by atoms with Crippen LogP contribution in [-0.2, 0) is 0 Å². The number of hydrogen-bond donors (Lipinski definition) is 1. The molecule has 0 bridgehead atoms. The third kappa shape index (κ3) is 3.06. The summed E-state index contributed by atoms with van der Waals surface area (Å²) in [4.78, 5) is 10.5. The van der Waals surface area contributed by atoms with Crippen molar-refractivity contribution in [3.8, 4) is 0 Å². The second kappa shape index (κ2) is 6.78. The zero-order valence-corrected chi connectivity index (χ0v) is 15.4. The molecule has 126 valence electrons. The van der Waals surface area contributed by atoms with E-state index in [-0.39, 0.29) is 6.04 Å². The molecule has 4 nitrogen and oxygen atoms in total. The van der Waals surface area contributed by atoms with E-state index in [9.17, 15) is 0 Å². The molecule has 4 heterocycles. The summed E-state index contributed by atoms with van der Waals surface area (Å²) in [6.45, 7) is 4.14. The molecular weight excluding hydrogens is 336 g/mol. The minimum absolute atomic E-state index is 0.263. The van der Waals surface area contributed by atoms with E-state index in [0.29, 0.717) is 5.37 Å². The average molecular weight is 359 g/mol. The Bertz CT molecular complexity index is 742. The molecule has 2 atom stereocenters. The van der Waals surface area contributed by atoms with Gasteiger partial charge in [-0.1, -0.05) is 0 Å². The van der Waals surface area contributed by atoms with Gasteiger partial charge in [0, 0.05) is 36.4 Å². The number of nitrogens with zero attached hydrogens (tertiary/aromatic N) is 3. The summed E-state index contributed by atoms with van der Waals surface area (Å²) < 4.78 is 0. The van der Waals surface area contributed by atoms with Crippen LogP contribution >= 0.6 is 23.1 Å². The van der Waals surface area contributed by atoms with Crippen molar-refractivity contribution in [3.05, 3.63) is 52.0 Å². The van der Waals surface area contributed by atoms with Gasteiger partial charge in [0.1, 0.15) is 5.37 Å². The van der Waals surface area contributed by atoms with Crippen molar-refractivity contribution < 1.29 is 0 Å². The molecule has 1 fully saturated rings. The standard InChI is InChI=1S/C18H22N4S2/c1-13-9-17(24-12-13)18-22(7-8-23-18)16-10-20-5-4-15(16)21-6-2-3-14(19)11-21/h4-5,7-10,12,14,18H,2-3,6,11,19H2,1H3/t14?,18-/m0/s1. The van der Waals surface area contributed by atoms with Gasteiger partial charge in [-0.2, -0.15) is 0 Å². The summed E-state index contributed by atoms with van der Waals surface area (Å²) in [5, 5.41) is 4.70. The maximum absolute atomic E-state index is 6.20. The van der Waals surface area contributed by atoms with Crippen LogP contribution in [0.15, 0.2) is 41.5 Å². The highest BCUT2D eigenvalue weighted by Gasteiger charge is 2.28. The average Bonchev–Trinajstić information content (AvgIpc) is 3.23. The first-order chi connectivity index (χ1) is 11.7. The number of thioether (sulfide) groups is 1. The monoisotopic (exact) mass is 358 g/mol. The highest BCUT2D eigenvalue weighted by Crippen LogP contribution is 2.46. The lowest BCUT2D eigenvalue weighted by molar-refractivity contribution is 0.506. The molecule has 1 saturated heterocycles. The second-order valence-corrected chi connectivity index (χ2v) is 8.35. The zero-order valence-electron chi connectivity index (χ0n) is 13.8. The number of nitrogens with two attached hydrogens (primary N) is 1. The number of rotatable bonds is 3. The lowest BCUT2D eigenvalue weighted by atomic mass is 10.1. The van der Waals surface area contributed by atoms with Crippen molar-refractivity contribution in [2.75, 3.05) is 22.9 Å². The minimum atomic E-state index is 0.263. The Hall–Kier alpha value is -1.50. The van der Waals surface area contributed by atoms with Crippen LogP contribution in [0.4, 0.5) is 11.4 Å². The lowest BCUT2D eigenvalue weighted by Crippen LogP contribution is -2.43. The molecule has 24 heavy (non-hydrogen) atoms. The van der Waals surface area contributed by atoms with Gasteiger partial charge in [0.15, 0.2) is 0 Å². The largest absolute Gasteiger partial charge is 0.368 e. The maximum atomic E-state index is 6.20. The van der Waals surface area contributed by atoms with Gasteiger partial charge < -0.3 is 15.5 Å². The van der Waals surface area contributed by atoms with Crippen LogP contribution < -0.4 is 15.5 Å². The topological polar surface area (TPSA) is 45.4 Å². The fraction of sp³-hybridized carbons (Fsp3) is 0.389. The first-order valence-corrected chi connectivity index (χ1v) is 10.1. The van der Waals surface area contributed by atoms with Crippen molar-refractivity contribution in [1.82, 2.24) is 4.98 Å². The van der Waals surface area contributed by atoms with Gasteiger partial charge in [0.05, 0.1) is 17.6 Å². The number of aryl methyl sites for hydroxylation is 1. The molecule has 2 aromatic rings. The lowest BCUT2D eigenvalue weighted by Gasteiger charge is -2.36. The maximum Gasteiger partial charge on any atom is 0.118 e. The predicted octanol–water partition coefficient (Wildman–Crippen LogP) is 4.10. The van der Waals surface area contributed by atoms with Gasteiger partial charge in [-0.3, -0.25) is 4.98 Å². The van der Waals surface area contributed by atoms with Crippen LogP contribution in [0.3, 0.4) is 0 Å². The van der Waals surface area contributed by atoms with Gasteiger partial charge in [-0.25, -0.2) is 0 Å². The van der Waals surface area contributed by atoms with Crippen molar-refractivity contribution in [2.24, 2.45) is 5.73 Å². The quantitative estimate of drug-likeness (QED) is 0.895. The third-order valence-electron chi connectivity index (χ3n) is 4.53. The molecule has 4 rings (SSSR count). The Kier molecular flexibility index (Phi) is 4.52. The fourth-order valence-electron chi connectivity index (χ4n) is 3.39. The molecule has 2 N–H and O–H groups in total. The van der Waals surface area contributed by atoms with Crippen molar-refractivity contribution in [2.45, 2.75) is 31.2 Å². The van der Waals surface area contributed by atoms with E-state index in [1.165, 1.54) is 21.8 Å². The van der Waals surface area contributed by atoms with Gasteiger partial charge >= 0.3 is 0 Å². The summed E-state index contributed by atoms with van der Waals surface area (Å²) in [5.74, 6) is 0. The van der Waals surface area contributed by atoms with Gasteiger partial charge in [-0.05, 0) is 48.2 Å². The van der Waals surface area contributed by atoms with E-state index in [1.807, 2.05) is 35.5 Å². The Morgan fingerprint density at radius 2 is 2.25 bits per heavy atom. The second-order valence-electron chi connectivity index (χ2n) is 6.42. The Labute approximate surface area is 151 Å². The van der Waals surface area contributed by atoms with Gasteiger partial charge in [0.2, 0.25) is 0 Å². The summed E-state index contributed by atoms with van der Waals surface area (Å²) in [7, 11) is 0. The van der Waals surface area contributed by atoms with Crippen molar-refractivity contribution in [3.63, 3.8) is 0 Å². The molecule has 0 aromatic carbocycles. The van der Waals surface area contributed by atoms with E-state index in [1.54, 1.807) is 0 Å². The molecule has 0 amide bonds. The zero-order chi connectivity index (χ0) is 16.5. The molecule has 2 aromatic heterocycles. The van der Waals surface area contributed by atoms with E-state index < -0.39 is 0 Å². The number of pyridine rings is 1. The fourth-order valence-corrected chi connectivity index (χ4v) is 5.46. The smallest absolute Gasteiger partial charge is 0.118 e. The number of thiophene rings is 1. The van der Waals surface area contributed by atoms with Crippen molar-refractivity contribution >= 4 is 34.5 Å². The summed E-state index contributed by atoms with van der Waals surface area (Å²) >= 11 is 3.68. The highest BCUT2D eigenvalue weighted by atomic mass is 32.2. The van der Waals surface area contributed by atoms with Crippen LogP contribution in [0.2, 0.25) is 0 Å². The molecule has 2 aliphatic heterocycles. The Morgan fingerprint density at radius 3 is 3.04 bits per heavy atom. The first kappa shape index (κ1) is 16.0. The molecule has 6 heteroatoms. The third-order valence-corrected chi connectivity index (χ3v) is 6.80. The Balaban J connectivity index is 1.67. The number of aromatic nitrogens is 1. The molecule has 0 spiro atoms. The predicted molar refractivity (Wildman–Crippen MR) is 105 cm³/mol. The molecule has 0 radical (unpaired) electrons. The van der Waals surface area contributed by atoms with Crippen LogP contribution in [-0.4, -0.2) is 24.1 Å². The molecule has 0 aliphatic carbocycles. The minimum Gasteiger partial charge on any atom is -0.368 e. The SMILES string of the molecule is Cc1csc([C@@H]2SC=CN2c2cnccc2N2CCCC(N)C2)c1. The number of piperidine rings is 1. The normalized spacial score (nSPS) is 23.9. The van der Waals surface area contributed by atoms with Gasteiger partial charge in [0.25, 0.3) is 0 Å².